The zero-order valence-corrected chi connectivity index (χ0v) is 13.9. The number of nitrogens with two attached hydrogens (primary N) is 1. The number of halogens is 1. The summed E-state index contributed by atoms with van der Waals surface area (Å²) in [5.41, 5.74) is 6.79. The zero-order valence-electron chi connectivity index (χ0n) is 11.5. The van der Waals surface area contributed by atoms with Gasteiger partial charge in [-0.15, -0.1) is 0 Å². The number of rotatable bonds is 8. The van der Waals surface area contributed by atoms with Crippen LogP contribution in [0.15, 0.2) is 21.5 Å². The Morgan fingerprint density at radius 3 is 2.55 bits per heavy atom. The normalized spacial score (nSPS) is 11.8. The van der Waals surface area contributed by atoms with Crippen molar-refractivity contribution >= 4 is 31.6 Å². The Morgan fingerprint density at radius 2 is 1.90 bits per heavy atom. The first-order valence-corrected chi connectivity index (χ1v) is 8.82. The Morgan fingerprint density at radius 1 is 1.25 bits per heavy atom. The van der Waals surface area contributed by atoms with E-state index in [0.29, 0.717) is 22.3 Å². The van der Waals surface area contributed by atoms with E-state index in [1.54, 1.807) is 19.1 Å². The number of benzene rings is 1. The molecule has 0 unspecified atom stereocenters. The molecule has 0 aliphatic carbocycles. The topological polar surface area (TPSA) is 92.4 Å². The molecule has 0 aliphatic heterocycles. The SMILES string of the molecule is Cc1c(N)cc(Br)cc1S(=O)(=O)NCCCCCCO. The summed E-state index contributed by atoms with van der Waals surface area (Å²) in [6, 6.07) is 3.24. The maximum absolute atomic E-state index is 12.2. The summed E-state index contributed by atoms with van der Waals surface area (Å²) < 4.78 is 27.7. The third-order valence-corrected chi connectivity index (χ3v) is 5.08. The minimum absolute atomic E-state index is 0.183. The molecule has 0 heterocycles. The molecule has 0 radical (unpaired) electrons. The lowest BCUT2D eigenvalue weighted by Gasteiger charge is -2.11. The maximum atomic E-state index is 12.2. The molecule has 20 heavy (non-hydrogen) atoms. The lowest BCUT2D eigenvalue weighted by molar-refractivity contribution is 0.282. The molecule has 1 aromatic rings. The molecule has 0 aromatic heterocycles. The number of nitrogen functional groups attached to an aromatic ring is 1. The first-order chi connectivity index (χ1) is 9.38. The highest BCUT2D eigenvalue weighted by Gasteiger charge is 2.18. The number of hydrogen-bond acceptors (Lipinski definition) is 4. The average Bonchev–Trinajstić information content (AvgIpc) is 2.37. The number of nitrogens with one attached hydrogen (secondary N) is 1. The highest BCUT2D eigenvalue weighted by molar-refractivity contribution is 9.10. The van der Waals surface area contributed by atoms with Gasteiger partial charge in [-0.2, -0.15) is 0 Å². The molecule has 0 amide bonds. The first-order valence-electron chi connectivity index (χ1n) is 6.54. The summed E-state index contributed by atoms with van der Waals surface area (Å²) in [6.07, 6.45) is 3.31. The second-order valence-electron chi connectivity index (χ2n) is 4.65. The van der Waals surface area contributed by atoms with Gasteiger partial charge >= 0.3 is 0 Å². The van der Waals surface area contributed by atoms with Crippen molar-refractivity contribution in [2.45, 2.75) is 37.5 Å². The molecular formula is C13H21BrN2O3S. The molecule has 0 spiro atoms. The van der Waals surface area contributed by atoms with Crippen LogP contribution in [0, 0.1) is 6.92 Å². The summed E-state index contributed by atoms with van der Waals surface area (Å²) in [7, 11) is -3.54. The first kappa shape index (κ1) is 17.4. The molecule has 114 valence electrons. The van der Waals surface area contributed by atoms with Crippen molar-refractivity contribution in [1.29, 1.82) is 0 Å². The summed E-state index contributed by atoms with van der Waals surface area (Å²) in [6.45, 7) is 2.26. The van der Waals surface area contributed by atoms with Crippen LogP contribution in [0.1, 0.15) is 31.2 Å². The van der Waals surface area contributed by atoms with Crippen LogP contribution in [-0.2, 0) is 10.0 Å². The highest BCUT2D eigenvalue weighted by Crippen LogP contribution is 2.26. The van der Waals surface area contributed by atoms with E-state index in [-0.39, 0.29) is 11.5 Å². The van der Waals surface area contributed by atoms with Crippen molar-refractivity contribution < 1.29 is 13.5 Å². The van der Waals surface area contributed by atoms with Crippen LogP contribution in [0.3, 0.4) is 0 Å². The second kappa shape index (κ2) is 7.97. The number of hydrogen-bond donors (Lipinski definition) is 3. The molecule has 0 bridgehead atoms. The van der Waals surface area contributed by atoms with Crippen molar-refractivity contribution in [3.8, 4) is 0 Å². The zero-order chi connectivity index (χ0) is 15.2. The predicted molar refractivity (Wildman–Crippen MR) is 84.0 cm³/mol. The molecule has 1 rings (SSSR count). The van der Waals surface area contributed by atoms with Crippen LogP contribution in [0.2, 0.25) is 0 Å². The molecule has 0 aliphatic rings. The Labute approximate surface area is 128 Å². The third-order valence-electron chi connectivity index (χ3n) is 3.03. The number of aliphatic hydroxyl groups is 1. The van der Waals surface area contributed by atoms with E-state index in [1.807, 2.05) is 0 Å². The molecular weight excluding hydrogens is 344 g/mol. The largest absolute Gasteiger partial charge is 0.398 e. The number of sulfonamides is 1. The van der Waals surface area contributed by atoms with Crippen molar-refractivity contribution in [3.63, 3.8) is 0 Å². The maximum Gasteiger partial charge on any atom is 0.240 e. The lowest BCUT2D eigenvalue weighted by Crippen LogP contribution is -2.25. The van der Waals surface area contributed by atoms with E-state index < -0.39 is 10.0 Å². The Bertz CT molecular complexity index is 547. The Hall–Kier alpha value is -0.630. The van der Waals surface area contributed by atoms with Gasteiger partial charge in [-0.1, -0.05) is 28.8 Å². The number of anilines is 1. The van der Waals surface area contributed by atoms with Gasteiger partial charge in [-0.25, -0.2) is 13.1 Å². The molecule has 0 fully saturated rings. The van der Waals surface area contributed by atoms with Crippen LogP contribution < -0.4 is 10.5 Å². The summed E-state index contributed by atoms with van der Waals surface area (Å²) in [5, 5.41) is 8.66. The summed E-state index contributed by atoms with van der Waals surface area (Å²) >= 11 is 3.25. The van der Waals surface area contributed by atoms with E-state index in [0.717, 1.165) is 25.7 Å². The van der Waals surface area contributed by atoms with Gasteiger partial charge in [-0.05, 0) is 37.5 Å². The van der Waals surface area contributed by atoms with Gasteiger partial charge in [0.15, 0.2) is 0 Å². The fourth-order valence-corrected chi connectivity index (χ4v) is 3.83. The number of aliphatic hydroxyl groups excluding tert-OH is 1. The monoisotopic (exact) mass is 364 g/mol. The standard InChI is InChI=1S/C13H21BrN2O3S/c1-10-12(15)8-11(14)9-13(10)20(18,19)16-6-4-2-3-5-7-17/h8-9,16-17H,2-7,15H2,1H3. The number of unbranched alkanes of at least 4 members (excludes halogenated alkanes) is 3. The fourth-order valence-electron chi connectivity index (χ4n) is 1.83. The van der Waals surface area contributed by atoms with Crippen LogP contribution in [-0.4, -0.2) is 26.7 Å². The minimum atomic E-state index is -3.54. The molecule has 5 nitrogen and oxygen atoms in total. The second-order valence-corrected chi connectivity index (χ2v) is 7.30. The van der Waals surface area contributed by atoms with E-state index >= 15 is 0 Å². The van der Waals surface area contributed by atoms with Crippen molar-refractivity contribution in [1.82, 2.24) is 4.72 Å². The molecule has 0 saturated carbocycles. The predicted octanol–water partition coefficient (Wildman–Crippen LogP) is 2.17. The van der Waals surface area contributed by atoms with Crippen LogP contribution in [0.4, 0.5) is 5.69 Å². The highest BCUT2D eigenvalue weighted by atomic mass is 79.9. The van der Waals surface area contributed by atoms with Gasteiger partial charge in [0.25, 0.3) is 0 Å². The van der Waals surface area contributed by atoms with E-state index in [4.69, 9.17) is 10.8 Å². The Kier molecular flexibility index (Phi) is 6.94. The van der Waals surface area contributed by atoms with Gasteiger partial charge in [0.2, 0.25) is 10.0 Å². The summed E-state index contributed by atoms with van der Waals surface area (Å²) in [5.74, 6) is 0. The molecule has 4 N–H and O–H groups in total. The van der Waals surface area contributed by atoms with Gasteiger partial charge in [-0.3, -0.25) is 0 Å². The fraction of sp³-hybridized carbons (Fsp3) is 0.538. The molecule has 0 saturated heterocycles. The third kappa shape index (κ3) is 5.05. The van der Waals surface area contributed by atoms with Crippen LogP contribution in [0.5, 0.6) is 0 Å². The van der Waals surface area contributed by atoms with Gasteiger partial charge in [0.1, 0.15) is 0 Å². The molecule has 0 atom stereocenters. The van der Waals surface area contributed by atoms with Gasteiger partial charge in [0, 0.05) is 23.3 Å². The quantitative estimate of drug-likeness (QED) is 0.486. The van der Waals surface area contributed by atoms with E-state index in [1.165, 1.54) is 0 Å². The molecule has 7 heteroatoms. The van der Waals surface area contributed by atoms with E-state index in [2.05, 4.69) is 20.7 Å². The van der Waals surface area contributed by atoms with E-state index in [9.17, 15) is 8.42 Å². The van der Waals surface area contributed by atoms with Gasteiger partial charge < -0.3 is 10.8 Å². The van der Waals surface area contributed by atoms with Crippen LogP contribution >= 0.6 is 15.9 Å². The van der Waals surface area contributed by atoms with Crippen molar-refractivity contribution in [2.24, 2.45) is 0 Å². The Balaban J connectivity index is 2.65. The molecule has 1 aromatic carbocycles. The lowest BCUT2D eigenvalue weighted by atomic mass is 10.2. The average molecular weight is 365 g/mol. The van der Waals surface area contributed by atoms with Crippen LogP contribution in [0.25, 0.3) is 0 Å². The van der Waals surface area contributed by atoms with Gasteiger partial charge in [0.05, 0.1) is 4.90 Å². The van der Waals surface area contributed by atoms with Crippen molar-refractivity contribution in [2.75, 3.05) is 18.9 Å². The van der Waals surface area contributed by atoms with Crippen molar-refractivity contribution in [3.05, 3.63) is 22.2 Å². The minimum Gasteiger partial charge on any atom is -0.398 e. The summed E-state index contributed by atoms with van der Waals surface area (Å²) in [4.78, 5) is 0.208. The smallest absolute Gasteiger partial charge is 0.240 e.